The molecule has 0 heterocycles. The predicted molar refractivity (Wildman–Crippen MR) is 208 cm³/mol. The summed E-state index contributed by atoms with van der Waals surface area (Å²) < 4.78 is 0. The molecule has 0 saturated carbocycles. The van der Waals surface area contributed by atoms with E-state index in [4.69, 9.17) is 0 Å². The number of aliphatic hydroxyl groups is 1. The minimum absolute atomic E-state index is 0.145. The van der Waals surface area contributed by atoms with Crippen LogP contribution >= 0.6 is 0 Å². The number of carboxylic acids is 1. The van der Waals surface area contributed by atoms with Crippen molar-refractivity contribution in [3.8, 4) is 0 Å². The van der Waals surface area contributed by atoms with Gasteiger partial charge in [-0.15, -0.1) is 0 Å². The number of carboxylic acid groups (broad SMARTS) is 1. The highest BCUT2D eigenvalue weighted by molar-refractivity contribution is 5.69. The van der Waals surface area contributed by atoms with Gasteiger partial charge in [-0.25, -0.2) is 0 Å². The molecule has 3 nitrogen and oxygen atoms in total. The second-order valence-electron chi connectivity index (χ2n) is 15.2. The van der Waals surface area contributed by atoms with Crippen molar-refractivity contribution in [1.82, 2.24) is 0 Å². The van der Waals surface area contributed by atoms with Crippen molar-refractivity contribution in [1.29, 1.82) is 0 Å². The van der Waals surface area contributed by atoms with Gasteiger partial charge >= 0.3 is 5.97 Å². The number of carbonyl (C=O) groups is 1. The highest BCUT2D eigenvalue weighted by Crippen LogP contribution is 2.20. The molecule has 0 spiro atoms. The molecule has 0 aliphatic rings. The molecule has 0 amide bonds. The summed E-state index contributed by atoms with van der Waals surface area (Å²) in [7, 11) is 0. The maximum Gasteiger partial charge on any atom is 0.306 e. The Morgan fingerprint density at radius 3 is 1.09 bits per heavy atom. The van der Waals surface area contributed by atoms with Crippen LogP contribution in [0.5, 0.6) is 0 Å². The van der Waals surface area contributed by atoms with Crippen molar-refractivity contribution < 1.29 is 15.0 Å². The van der Waals surface area contributed by atoms with Crippen LogP contribution in [0.15, 0.2) is 12.2 Å². The topological polar surface area (TPSA) is 57.5 Å². The van der Waals surface area contributed by atoms with E-state index in [2.05, 4.69) is 26.0 Å². The fraction of sp³-hybridized carbons (Fsp3) is 0.932. The van der Waals surface area contributed by atoms with Gasteiger partial charge < -0.3 is 10.2 Å². The van der Waals surface area contributed by atoms with Crippen LogP contribution in [0.2, 0.25) is 0 Å². The molecule has 0 rings (SSSR count). The van der Waals surface area contributed by atoms with Gasteiger partial charge in [0.05, 0.1) is 12.0 Å². The van der Waals surface area contributed by atoms with Gasteiger partial charge in [-0.3, -0.25) is 4.79 Å². The Morgan fingerprint density at radius 2 is 0.723 bits per heavy atom. The molecule has 47 heavy (non-hydrogen) atoms. The van der Waals surface area contributed by atoms with Crippen LogP contribution in [0.25, 0.3) is 0 Å². The van der Waals surface area contributed by atoms with Crippen molar-refractivity contribution in [2.75, 3.05) is 0 Å². The maximum absolute atomic E-state index is 11.7. The summed E-state index contributed by atoms with van der Waals surface area (Å²) in [6.45, 7) is 4.51. The van der Waals surface area contributed by atoms with Crippen molar-refractivity contribution in [2.24, 2.45) is 5.92 Å². The average Bonchev–Trinajstić information content (AvgIpc) is 3.06. The molecular formula is C44H86O3. The zero-order chi connectivity index (χ0) is 34.3. The van der Waals surface area contributed by atoms with Gasteiger partial charge in [0.1, 0.15) is 0 Å². The van der Waals surface area contributed by atoms with E-state index in [1.807, 2.05) is 0 Å². The Balaban J connectivity index is 3.40. The smallest absolute Gasteiger partial charge is 0.306 e. The van der Waals surface area contributed by atoms with Crippen LogP contribution in [-0.4, -0.2) is 22.3 Å². The Kier molecular flexibility index (Phi) is 38.9. The monoisotopic (exact) mass is 663 g/mol. The lowest BCUT2D eigenvalue weighted by Gasteiger charge is -2.12. The number of hydrogen-bond donors (Lipinski definition) is 2. The van der Waals surface area contributed by atoms with E-state index in [0.29, 0.717) is 0 Å². The highest BCUT2D eigenvalue weighted by Gasteiger charge is 2.16. The summed E-state index contributed by atoms with van der Waals surface area (Å²) in [6, 6.07) is 0. The lowest BCUT2D eigenvalue weighted by molar-refractivity contribution is -0.142. The van der Waals surface area contributed by atoms with Gasteiger partial charge in [-0.2, -0.15) is 0 Å². The van der Waals surface area contributed by atoms with Crippen LogP contribution in [-0.2, 0) is 4.79 Å². The van der Waals surface area contributed by atoms with Crippen LogP contribution in [0, 0.1) is 5.92 Å². The highest BCUT2D eigenvalue weighted by atomic mass is 16.4. The van der Waals surface area contributed by atoms with Crippen molar-refractivity contribution >= 4 is 5.97 Å². The Labute approximate surface area is 295 Å². The first-order chi connectivity index (χ1) is 23.1. The molecule has 0 aliphatic heterocycles. The van der Waals surface area contributed by atoms with E-state index in [9.17, 15) is 15.0 Å². The Morgan fingerprint density at radius 1 is 0.426 bits per heavy atom. The molecule has 0 bridgehead atoms. The van der Waals surface area contributed by atoms with Gasteiger partial charge in [-0.1, -0.05) is 225 Å². The quantitative estimate of drug-likeness (QED) is 0.0507. The van der Waals surface area contributed by atoms with Crippen LogP contribution in [0.4, 0.5) is 0 Å². The normalized spacial score (nSPS) is 13.1. The number of aliphatic carboxylic acids is 1. The SMILES string of the molecule is CCCCCCCCCCCCCCCCCCCCCCCCCCC(CCCCCCC=CC[C@H](O)CCCCCC)C(=O)O. The van der Waals surface area contributed by atoms with Crippen LogP contribution < -0.4 is 0 Å². The summed E-state index contributed by atoms with van der Waals surface area (Å²) in [5.74, 6) is -0.733. The van der Waals surface area contributed by atoms with Gasteiger partial charge in [0.25, 0.3) is 0 Å². The lowest BCUT2D eigenvalue weighted by Crippen LogP contribution is -2.13. The molecule has 0 fully saturated rings. The van der Waals surface area contributed by atoms with Crippen LogP contribution in [0.1, 0.15) is 251 Å². The molecule has 0 aliphatic carbocycles. The van der Waals surface area contributed by atoms with Gasteiger partial charge in [-0.05, 0) is 38.5 Å². The second-order valence-corrected chi connectivity index (χ2v) is 15.2. The molecule has 0 aromatic rings. The average molecular weight is 663 g/mol. The van der Waals surface area contributed by atoms with Crippen LogP contribution in [0.3, 0.4) is 0 Å². The Bertz CT molecular complexity index is 630. The number of allylic oxidation sites excluding steroid dienone is 1. The molecule has 0 radical (unpaired) electrons. The van der Waals surface area contributed by atoms with E-state index in [1.54, 1.807) is 0 Å². The fourth-order valence-electron chi connectivity index (χ4n) is 7.05. The third-order valence-electron chi connectivity index (χ3n) is 10.4. The van der Waals surface area contributed by atoms with E-state index in [1.165, 1.54) is 180 Å². The number of aliphatic hydroxyl groups excluding tert-OH is 1. The first-order valence-corrected chi connectivity index (χ1v) is 21.7. The van der Waals surface area contributed by atoms with Crippen molar-refractivity contribution in [2.45, 2.75) is 258 Å². The minimum atomic E-state index is -0.588. The molecule has 0 aromatic heterocycles. The zero-order valence-electron chi connectivity index (χ0n) is 32.3. The standard InChI is InChI=1S/C44H86O3/c1-3-5-7-9-10-11-12-13-14-15-16-17-18-19-20-21-22-23-24-25-26-28-31-34-38-42(44(46)47)39-35-32-29-27-30-33-37-41-43(45)40-36-8-6-4-2/h33,37,42-43,45H,3-32,34-36,38-41H2,1-2H3,(H,46,47)/t42?,43-/m1/s1. The third kappa shape index (κ3) is 37.8. The summed E-state index contributed by atoms with van der Waals surface area (Å²) in [5, 5.41) is 19.7. The first-order valence-electron chi connectivity index (χ1n) is 21.7. The van der Waals surface area contributed by atoms with Crippen molar-refractivity contribution in [3.63, 3.8) is 0 Å². The summed E-state index contributed by atoms with van der Waals surface area (Å²) in [5.41, 5.74) is 0. The number of unbranched alkanes of at least 4 members (excludes halogenated alkanes) is 30. The van der Waals surface area contributed by atoms with Gasteiger partial charge in [0.2, 0.25) is 0 Å². The molecule has 2 atom stereocenters. The minimum Gasteiger partial charge on any atom is -0.481 e. The summed E-state index contributed by atoms with van der Waals surface area (Å²) in [4.78, 5) is 11.7. The molecular weight excluding hydrogens is 576 g/mol. The second kappa shape index (κ2) is 39.6. The molecule has 280 valence electrons. The van der Waals surface area contributed by atoms with E-state index < -0.39 is 5.97 Å². The molecule has 2 N–H and O–H groups in total. The Hall–Kier alpha value is -0.830. The zero-order valence-corrected chi connectivity index (χ0v) is 32.3. The van der Waals surface area contributed by atoms with E-state index in [0.717, 1.165) is 57.8 Å². The predicted octanol–water partition coefficient (Wildman–Crippen LogP) is 15.1. The fourth-order valence-corrected chi connectivity index (χ4v) is 7.05. The van der Waals surface area contributed by atoms with Gasteiger partial charge in [0.15, 0.2) is 0 Å². The maximum atomic E-state index is 11.7. The number of rotatable bonds is 40. The van der Waals surface area contributed by atoms with Gasteiger partial charge in [0, 0.05) is 0 Å². The lowest BCUT2D eigenvalue weighted by atomic mass is 9.94. The first kappa shape index (κ1) is 46.2. The number of hydrogen-bond acceptors (Lipinski definition) is 2. The van der Waals surface area contributed by atoms with E-state index in [-0.39, 0.29) is 12.0 Å². The largest absolute Gasteiger partial charge is 0.481 e. The third-order valence-corrected chi connectivity index (χ3v) is 10.4. The summed E-state index contributed by atoms with van der Waals surface area (Å²) in [6.07, 6.45) is 51.6. The molecule has 0 saturated heterocycles. The molecule has 1 unspecified atom stereocenters. The molecule has 0 aromatic carbocycles. The van der Waals surface area contributed by atoms with Crippen molar-refractivity contribution in [3.05, 3.63) is 12.2 Å². The molecule has 3 heteroatoms. The van der Waals surface area contributed by atoms with E-state index >= 15 is 0 Å². The summed E-state index contributed by atoms with van der Waals surface area (Å²) >= 11 is 0.